The zero-order chi connectivity index (χ0) is 0. The van der Waals surface area contributed by atoms with Crippen LogP contribution in [0.2, 0.25) is 0 Å². The van der Waals surface area contributed by atoms with Crippen LogP contribution in [0.3, 0.4) is 0 Å². The van der Waals surface area contributed by atoms with Gasteiger partial charge >= 0.3 is 72.4 Å². The number of rotatable bonds is 0. The average molecular weight is 336 g/mol. The summed E-state index contributed by atoms with van der Waals surface area (Å²) >= 11 is 0. The molecule has 0 heterocycles. The summed E-state index contributed by atoms with van der Waals surface area (Å²) in [5.41, 5.74) is 0. The van der Waals surface area contributed by atoms with Gasteiger partial charge in [0.25, 0.3) is 0 Å². The summed E-state index contributed by atoms with van der Waals surface area (Å²) in [5.74, 6) is 0. The van der Waals surface area contributed by atoms with Crippen molar-refractivity contribution in [2.45, 2.75) is 0 Å². The van der Waals surface area contributed by atoms with Gasteiger partial charge in [0.05, 0.1) is 0 Å². The fraction of sp³-hybridized carbons (Fsp3) is 0. The van der Waals surface area contributed by atoms with Gasteiger partial charge in [0, 0.05) is 0 Å². The standard InChI is InChI=1S/K.6H2O.Pt/h;6*1H2;/q+1;;;;;;;+4/p-6. The Labute approximate surface area is 104 Å². The summed E-state index contributed by atoms with van der Waals surface area (Å²) in [7, 11) is 0. The van der Waals surface area contributed by atoms with Gasteiger partial charge in [-0.15, -0.1) is 0 Å². The van der Waals surface area contributed by atoms with Gasteiger partial charge in [-0.05, 0) is 0 Å². The summed E-state index contributed by atoms with van der Waals surface area (Å²) in [6, 6.07) is 0. The molecule has 0 aliphatic heterocycles. The molecule has 6 N–H and O–H groups in total. The van der Waals surface area contributed by atoms with Crippen molar-refractivity contribution in [3.8, 4) is 0 Å². The van der Waals surface area contributed by atoms with Gasteiger partial charge in [0.1, 0.15) is 0 Å². The Kier molecular flexibility index (Phi) is 3270. The van der Waals surface area contributed by atoms with Crippen molar-refractivity contribution < 1.29 is 105 Å². The molecule has 0 saturated carbocycles. The van der Waals surface area contributed by atoms with Crippen molar-refractivity contribution >= 4 is 0 Å². The third-order valence-electron chi connectivity index (χ3n) is 0. The molecule has 6 nitrogen and oxygen atoms in total. The molecule has 0 atom stereocenters. The molecule has 0 spiro atoms. The van der Waals surface area contributed by atoms with Crippen LogP contribution >= 0.6 is 0 Å². The Balaban J connectivity index is 0. The Bertz CT molecular complexity index is 8.49. The first kappa shape index (κ1) is 192. The Morgan fingerprint density at radius 2 is 0.375 bits per heavy atom. The first-order valence-electron chi connectivity index (χ1n) is 0. The van der Waals surface area contributed by atoms with Gasteiger partial charge in [0.2, 0.25) is 0 Å². The molecule has 0 aromatic rings. The molecule has 0 amide bonds. The monoisotopic (exact) mass is 336 g/mol. The summed E-state index contributed by atoms with van der Waals surface area (Å²) < 4.78 is 0. The molecular weight excluding hydrogens is 330 g/mol. The van der Waals surface area contributed by atoms with Crippen LogP contribution in [0.5, 0.6) is 0 Å². The first-order valence-corrected chi connectivity index (χ1v) is 0. The van der Waals surface area contributed by atoms with E-state index in [1.807, 2.05) is 0 Å². The van der Waals surface area contributed by atoms with E-state index in [4.69, 9.17) is 0 Å². The number of hydrogen-bond acceptors (Lipinski definition) is 6. The SMILES string of the molecule is [K+].[OH-].[OH-].[OH-].[OH-].[OH-].[OH-].[Pt+4]. The summed E-state index contributed by atoms with van der Waals surface area (Å²) in [4.78, 5) is 0. The molecule has 0 aromatic heterocycles. The predicted octanol–water partition coefficient (Wildman–Crippen LogP) is -4.06. The second-order valence-electron chi connectivity index (χ2n) is 0. The molecule has 0 bridgehead atoms. The maximum Gasteiger partial charge on any atom is 4.00 e. The van der Waals surface area contributed by atoms with E-state index in [0.717, 1.165) is 0 Å². The molecule has 0 unspecified atom stereocenters. The van der Waals surface area contributed by atoms with Gasteiger partial charge < -0.3 is 32.9 Å². The zero-order valence-electron chi connectivity index (χ0n) is 4.00. The zero-order valence-corrected chi connectivity index (χ0v) is 9.39. The molecular formula is H6KO6Pt-. The molecule has 0 fully saturated rings. The normalized spacial score (nSPS) is 0. The molecule has 0 radical (unpaired) electrons. The van der Waals surface area contributed by atoms with Crippen molar-refractivity contribution in [2.75, 3.05) is 0 Å². The van der Waals surface area contributed by atoms with E-state index < -0.39 is 0 Å². The van der Waals surface area contributed by atoms with Gasteiger partial charge in [-0.3, -0.25) is 0 Å². The second-order valence-corrected chi connectivity index (χ2v) is 0. The van der Waals surface area contributed by atoms with Gasteiger partial charge in [0.15, 0.2) is 0 Å². The van der Waals surface area contributed by atoms with E-state index in [2.05, 4.69) is 0 Å². The van der Waals surface area contributed by atoms with E-state index in [0.29, 0.717) is 0 Å². The average Bonchev–Trinajstić information content (AvgIpc) is 0. The van der Waals surface area contributed by atoms with Crippen LogP contribution in [0.25, 0.3) is 0 Å². The fourth-order valence-corrected chi connectivity index (χ4v) is 0. The summed E-state index contributed by atoms with van der Waals surface area (Å²) in [6.45, 7) is 0. The fourth-order valence-electron chi connectivity index (χ4n) is 0. The first-order chi connectivity index (χ1) is 0. The van der Waals surface area contributed by atoms with Crippen LogP contribution in [-0.4, -0.2) is 32.9 Å². The molecule has 8 heteroatoms. The molecule has 0 aliphatic rings. The van der Waals surface area contributed by atoms with Gasteiger partial charge in [-0.25, -0.2) is 0 Å². The maximum atomic E-state index is 0. The molecule has 0 aromatic carbocycles. The minimum absolute atomic E-state index is 0. The quantitative estimate of drug-likeness (QED) is 0.406. The Hall–Kier alpha value is 2.08. The van der Waals surface area contributed by atoms with Crippen molar-refractivity contribution in [1.82, 2.24) is 0 Å². The van der Waals surface area contributed by atoms with E-state index in [9.17, 15) is 0 Å². The minimum atomic E-state index is 0. The van der Waals surface area contributed by atoms with Gasteiger partial charge in [-0.2, -0.15) is 0 Å². The van der Waals surface area contributed by atoms with Crippen LogP contribution < -0.4 is 51.4 Å². The molecule has 0 aliphatic carbocycles. The van der Waals surface area contributed by atoms with Crippen molar-refractivity contribution in [1.29, 1.82) is 0 Å². The van der Waals surface area contributed by atoms with Crippen LogP contribution in [0.1, 0.15) is 0 Å². The third-order valence-corrected chi connectivity index (χ3v) is 0. The largest absolute Gasteiger partial charge is 4.00 e. The molecule has 0 rings (SSSR count). The Morgan fingerprint density at radius 1 is 0.375 bits per heavy atom. The Morgan fingerprint density at radius 3 is 0.375 bits per heavy atom. The van der Waals surface area contributed by atoms with Crippen LogP contribution in [-0.2, 0) is 21.1 Å². The minimum Gasteiger partial charge on any atom is -0.870 e. The van der Waals surface area contributed by atoms with Crippen molar-refractivity contribution in [3.05, 3.63) is 0 Å². The third kappa shape index (κ3) is 93.4. The van der Waals surface area contributed by atoms with E-state index in [1.165, 1.54) is 0 Å². The number of hydrogen-bond donors (Lipinski definition) is 0. The van der Waals surface area contributed by atoms with Crippen molar-refractivity contribution in [3.63, 3.8) is 0 Å². The topological polar surface area (TPSA) is 180 Å². The van der Waals surface area contributed by atoms with Crippen molar-refractivity contribution in [2.24, 2.45) is 0 Å². The van der Waals surface area contributed by atoms with E-state index >= 15 is 0 Å². The van der Waals surface area contributed by atoms with E-state index in [1.54, 1.807) is 0 Å². The smallest absolute Gasteiger partial charge is 0.870 e. The van der Waals surface area contributed by atoms with Crippen LogP contribution in [0, 0.1) is 0 Å². The van der Waals surface area contributed by atoms with E-state index in [-0.39, 0.29) is 105 Å². The van der Waals surface area contributed by atoms with Gasteiger partial charge in [-0.1, -0.05) is 0 Å². The molecule has 8 heavy (non-hydrogen) atoms. The second kappa shape index (κ2) is 137. The predicted molar refractivity (Wildman–Crippen MR) is 11.6 cm³/mol. The maximum absolute atomic E-state index is 0. The van der Waals surface area contributed by atoms with Crippen LogP contribution in [0.15, 0.2) is 0 Å². The summed E-state index contributed by atoms with van der Waals surface area (Å²) in [5, 5.41) is 0. The molecule has 54 valence electrons. The summed E-state index contributed by atoms with van der Waals surface area (Å²) in [6.07, 6.45) is 0. The van der Waals surface area contributed by atoms with Crippen LogP contribution in [0.4, 0.5) is 0 Å². The molecule has 0 saturated heterocycles.